The molecule has 1 heterocycles. The maximum absolute atomic E-state index is 11.9. The van der Waals surface area contributed by atoms with Crippen molar-refractivity contribution >= 4 is 17.8 Å². The molecule has 1 aliphatic rings. The standard InChI is InChI=1S/C19H21N3O/c1-15-4-8-17(9-5-15)19(23)21-20-14-16-6-10-18(11-7-16)22-12-2-3-13-22/h4-11,14H,2-3,12-13H2,1H3,(H,21,23)/b20-14-. The summed E-state index contributed by atoms with van der Waals surface area (Å²) in [5.74, 6) is -0.199. The van der Waals surface area contributed by atoms with Gasteiger partial charge in [0.05, 0.1) is 6.21 Å². The van der Waals surface area contributed by atoms with Crippen LogP contribution in [0.3, 0.4) is 0 Å². The summed E-state index contributed by atoms with van der Waals surface area (Å²) in [5, 5.41) is 4.03. The number of hydrogen-bond donors (Lipinski definition) is 1. The largest absolute Gasteiger partial charge is 0.372 e. The van der Waals surface area contributed by atoms with Gasteiger partial charge >= 0.3 is 0 Å². The lowest BCUT2D eigenvalue weighted by molar-refractivity contribution is 0.0955. The van der Waals surface area contributed by atoms with Crippen LogP contribution in [-0.2, 0) is 0 Å². The molecule has 1 N–H and O–H groups in total. The van der Waals surface area contributed by atoms with Crippen molar-refractivity contribution in [3.8, 4) is 0 Å². The van der Waals surface area contributed by atoms with Gasteiger partial charge in [-0.15, -0.1) is 0 Å². The van der Waals surface area contributed by atoms with Crippen LogP contribution in [0, 0.1) is 6.92 Å². The molecule has 0 bridgehead atoms. The Morgan fingerprint density at radius 1 is 1.04 bits per heavy atom. The van der Waals surface area contributed by atoms with Crippen molar-refractivity contribution in [2.24, 2.45) is 5.10 Å². The van der Waals surface area contributed by atoms with Gasteiger partial charge in [-0.3, -0.25) is 4.79 Å². The van der Waals surface area contributed by atoms with Crippen LogP contribution in [0.5, 0.6) is 0 Å². The van der Waals surface area contributed by atoms with Gasteiger partial charge < -0.3 is 4.90 Å². The van der Waals surface area contributed by atoms with E-state index in [9.17, 15) is 4.79 Å². The molecule has 2 aromatic carbocycles. The lowest BCUT2D eigenvalue weighted by Gasteiger charge is -2.17. The van der Waals surface area contributed by atoms with Gasteiger partial charge in [0.2, 0.25) is 0 Å². The topological polar surface area (TPSA) is 44.7 Å². The molecule has 0 atom stereocenters. The number of hydrogen-bond acceptors (Lipinski definition) is 3. The molecule has 4 heteroatoms. The van der Waals surface area contributed by atoms with E-state index in [-0.39, 0.29) is 5.91 Å². The molecular weight excluding hydrogens is 286 g/mol. The Kier molecular flexibility index (Phi) is 4.71. The third-order valence-corrected chi connectivity index (χ3v) is 4.06. The highest BCUT2D eigenvalue weighted by Crippen LogP contribution is 2.19. The molecule has 0 radical (unpaired) electrons. The Morgan fingerprint density at radius 3 is 2.35 bits per heavy atom. The number of anilines is 1. The number of amides is 1. The number of nitrogens with zero attached hydrogens (tertiary/aromatic N) is 2. The highest BCUT2D eigenvalue weighted by molar-refractivity contribution is 5.94. The van der Waals surface area contributed by atoms with Crippen molar-refractivity contribution in [3.63, 3.8) is 0 Å². The van der Waals surface area contributed by atoms with Gasteiger partial charge in [-0.05, 0) is 49.6 Å². The molecule has 1 saturated heterocycles. The zero-order valence-corrected chi connectivity index (χ0v) is 13.3. The van der Waals surface area contributed by atoms with Crippen LogP contribution < -0.4 is 10.3 Å². The molecule has 23 heavy (non-hydrogen) atoms. The summed E-state index contributed by atoms with van der Waals surface area (Å²) < 4.78 is 0. The van der Waals surface area contributed by atoms with E-state index in [1.165, 1.54) is 18.5 Å². The minimum Gasteiger partial charge on any atom is -0.372 e. The first-order valence-electron chi connectivity index (χ1n) is 7.97. The monoisotopic (exact) mass is 307 g/mol. The Hall–Kier alpha value is -2.62. The third kappa shape index (κ3) is 3.97. The van der Waals surface area contributed by atoms with Crippen molar-refractivity contribution in [1.29, 1.82) is 0 Å². The van der Waals surface area contributed by atoms with Gasteiger partial charge in [-0.25, -0.2) is 5.43 Å². The first kappa shape index (κ1) is 15.3. The number of carbonyl (C=O) groups is 1. The molecule has 0 aliphatic carbocycles. The van der Waals surface area contributed by atoms with Crippen LogP contribution in [-0.4, -0.2) is 25.2 Å². The summed E-state index contributed by atoms with van der Waals surface area (Å²) in [6, 6.07) is 15.7. The lowest BCUT2D eigenvalue weighted by Crippen LogP contribution is -2.18. The van der Waals surface area contributed by atoms with E-state index in [4.69, 9.17) is 0 Å². The lowest BCUT2D eigenvalue weighted by atomic mass is 10.1. The second-order valence-electron chi connectivity index (χ2n) is 5.85. The summed E-state index contributed by atoms with van der Waals surface area (Å²) >= 11 is 0. The number of aryl methyl sites for hydroxylation is 1. The average Bonchev–Trinajstić information content (AvgIpc) is 3.10. The molecule has 0 aromatic heterocycles. The first-order valence-corrected chi connectivity index (χ1v) is 7.97. The third-order valence-electron chi connectivity index (χ3n) is 4.06. The Bertz CT molecular complexity index is 684. The van der Waals surface area contributed by atoms with Gasteiger partial charge in [0.15, 0.2) is 0 Å². The number of hydrazone groups is 1. The molecule has 3 rings (SSSR count). The fourth-order valence-electron chi connectivity index (χ4n) is 2.68. The van der Waals surface area contributed by atoms with Crippen LogP contribution in [0.25, 0.3) is 0 Å². The van der Waals surface area contributed by atoms with Crippen molar-refractivity contribution in [2.45, 2.75) is 19.8 Å². The molecule has 1 fully saturated rings. The molecule has 0 spiro atoms. The van der Waals surface area contributed by atoms with Crippen molar-refractivity contribution in [1.82, 2.24) is 5.43 Å². The summed E-state index contributed by atoms with van der Waals surface area (Å²) in [7, 11) is 0. The average molecular weight is 307 g/mol. The van der Waals surface area contributed by atoms with Crippen LogP contribution in [0.4, 0.5) is 5.69 Å². The smallest absolute Gasteiger partial charge is 0.271 e. The number of rotatable bonds is 4. The van der Waals surface area contributed by atoms with Crippen molar-refractivity contribution in [2.75, 3.05) is 18.0 Å². The quantitative estimate of drug-likeness (QED) is 0.695. The summed E-state index contributed by atoms with van der Waals surface area (Å²) in [6.07, 6.45) is 4.21. The summed E-state index contributed by atoms with van der Waals surface area (Å²) in [5.41, 5.74) is 6.52. The molecule has 0 unspecified atom stereocenters. The van der Waals surface area contributed by atoms with Crippen LogP contribution >= 0.6 is 0 Å². The van der Waals surface area contributed by atoms with Crippen LogP contribution in [0.15, 0.2) is 53.6 Å². The normalized spacial score (nSPS) is 14.4. The van der Waals surface area contributed by atoms with Gasteiger partial charge in [0.1, 0.15) is 0 Å². The predicted octanol–water partition coefficient (Wildman–Crippen LogP) is 3.36. The second kappa shape index (κ2) is 7.09. The molecule has 1 amide bonds. The Balaban J connectivity index is 1.57. The predicted molar refractivity (Wildman–Crippen MR) is 94.1 cm³/mol. The Morgan fingerprint density at radius 2 is 1.70 bits per heavy atom. The zero-order valence-electron chi connectivity index (χ0n) is 13.3. The zero-order chi connectivity index (χ0) is 16.1. The van der Waals surface area contributed by atoms with Crippen molar-refractivity contribution < 1.29 is 4.79 Å². The molecular formula is C19H21N3O. The highest BCUT2D eigenvalue weighted by Gasteiger charge is 2.11. The molecule has 4 nitrogen and oxygen atoms in total. The minimum absolute atomic E-state index is 0.199. The van der Waals surface area contributed by atoms with E-state index in [1.807, 2.05) is 31.2 Å². The molecule has 118 valence electrons. The number of nitrogens with one attached hydrogen (secondary N) is 1. The van der Waals surface area contributed by atoms with Gasteiger partial charge in [0, 0.05) is 24.3 Å². The highest BCUT2D eigenvalue weighted by atomic mass is 16.2. The van der Waals surface area contributed by atoms with Gasteiger partial charge in [-0.2, -0.15) is 5.10 Å². The van der Waals surface area contributed by atoms with Gasteiger partial charge in [0.25, 0.3) is 5.91 Å². The first-order chi connectivity index (χ1) is 11.2. The van der Waals surface area contributed by atoms with Crippen LogP contribution in [0.2, 0.25) is 0 Å². The maximum Gasteiger partial charge on any atom is 0.271 e. The molecule has 1 aliphatic heterocycles. The molecule has 0 saturated carbocycles. The maximum atomic E-state index is 11.9. The van der Waals surface area contributed by atoms with Gasteiger partial charge in [-0.1, -0.05) is 29.8 Å². The SMILES string of the molecule is Cc1ccc(C(=O)N/N=C\c2ccc(N3CCCC3)cc2)cc1. The van der Waals surface area contributed by atoms with E-state index < -0.39 is 0 Å². The number of benzene rings is 2. The van der Waals surface area contributed by atoms with E-state index in [2.05, 4.69) is 27.6 Å². The summed E-state index contributed by atoms with van der Waals surface area (Å²) in [6.45, 7) is 4.27. The van der Waals surface area contributed by atoms with E-state index in [0.29, 0.717) is 5.56 Å². The van der Waals surface area contributed by atoms with E-state index >= 15 is 0 Å². The van der Waals surface area contributed by atoms with E-state index in [0.717, 1.165) is 24.2 Å². The van der Waals surface area contributed by atoms with E-state index in [1.54, 1.807) is 18.3 Å². The fraction of sp³-hybridized carbons (Fsp3) is 0.263. The Labute approximate surface area is 136 Å². The van der Waals surface area contributed by atoms with Crippen LogP contribution in [0.1, 0.15) is 34.3 Å². The molecule has 2 aromatic rings. The summed E-state index contributed by atoms with van der Waals surface area (Å²) in [4.78, 5) is 14.3. The second-order valence-corrected chi connectivity index (χ2v) is 5.85. The minimum atomic E-state index is -0.199. The van der Waals surface area contributed by atoms with Crippen molar-refractivity contribution in [3.05, 3.63) is 65.2 Å². The number of carbonyl (C=O) groups excluding carboxylic acids is 1. The fourth-order valence-corrected chi connectivity index (χ4v) is 2.68.